The van der Waals surface area contributed by atoms with E-state index in [9.17, 15) is 14.7 Å². The average molecular weight is 455 g/mol. The van der Waals surface area contributed by atoms with Gasteiger partial charge in [-0.2, -0.15) is 0 Å². The Morgan fingerprint density at radius 1 is 1.36 bits per heavy atom. The quantitative estimate of drug-likeness (QED) is 0.346. The number of aliphatic hydroxyl groups excluding tert-OH is 1. The summed E-state index contributed by atoms with van der Waals surface area (Å²) in [6.45, 7) is 5.18. The van der Waals surface area contributed by atoms with Gasteiger partial charge in [-0.1, -0.05) is 37.3 Å². The van der Waals surface area contributed by atoms with Crippen LogP contribution in [0.15, 0.2) is 30.4 Å². The lowest BCUT2D eigenvalue weighted by Gasteiger charge is -2.22. The van der Waals surface area contributed by atoms with E-state index in [1.54, 1.807) is 6.92 Å². The van der Waals surface area contributed by atoms with Gasteiger partial charge in [0, 0.05) is 43.6 Å². The zero-order chi connectivity index (χ0) is 24.0. The van der Waals surface area contributed by atoms with Gasteiger partial charge in [-0.05, 0) is 31.2 Å². The van der Waals surface area contributed by atoms with Gasteiger partial charge >= 0.3 is 11.9 Å². The van der Waals surface area contributed by atoms with Crippen molar-refractivity contribution in [3.05, 3.63) is 41.5 Å². The molecule has 6 nitrogen and oxygen atoms in total. The summed E-state index contributed by atoms with van der Waals surface area (Å²) in [5.41, 5.74) is 2.17. The molecule has 1 aromatic rings. The van der Waals surface area contributed by atoms with Crippen molar-refractivity contribution in [3.8, 4) is 17.6 Å². The Balaban J connectivity index is 1.81. The molecule has 1 heterocycles. The largest absolute Gasteiger partial charge is 0.489 e. The van der Waals surface area contributed by atoms with Crippen molar-refractivity contribution in [3.63, 3.8) is 0 Å². The minimum atomic E-state index is -0.630. The zero-order valence-electron chi connectivity index (χ0n) is 19.9. The molecular formula is C27H34O6. The fraction of sp³-hybridized carbons (Fsp3) is 0.556. The first-order valence-corrected chi connectivity index (χ1v) is 11.6. The summed E-state index contributed by atoms with van der Waals surface area (Å²) in [6, 6.07) is 6.11. The molecule has 3 rings (SSSR count). The number of methoxy groups -OCH3 is 1. The van der Waals surface area contributed by atoms with E-state index in [1.807, 2.05) is 31.2 Å². The Kier molecular flexibility index (Phi) is 8.57. The van der Waals surface area contributed by atoms with Crippen LogP contribution in [0.3, 0.4) is 0 Å². The summed E-state index contributed by atoms with van der Waals surface area (Å²) in [7, 11) is 1.40. The highest BCUT2D eigenvalue weighted by Crippen LogP contribution is 2.52. The van der Waals surface area contributed by atoms with Crippen molar-refractivity contribution in [1.82, 2.24) is 0 Å². The van der Waals surface area contributed by atoms with Gasteiger partial charge in [0.1, 0.15) is 18.0 Å². The predicted molar refractivity (Wildman–Crippen MR) is 125 cm³/mol. The van der Waals surface area contributed by atoms with Gasteiger partial charge in [0.15, 0.2) is 0 Å². The number of rotatable bonds is 9. The molecule has 6 heteroatoms. The van der Waals surface area contributed by atoms with Gasteiger partial charge in [0.05, 0.1) is 13.2 Å². The van der Waals surface area contributed by atoms with Crippen LogP contribution in [0.2, 0.25) is 0 Å². The Morgan fingerprint density at radius 2 is 2.15 bits per heavy atom. The van der Waals surface area contributed by atoms with Crippen molar-refractivity contribution < 1.29 is 28.9 Å². The first kappa shape index (κ1) is 24.9. The Hall–Kier alpha value is -2.78. The van der Waals surface area contributed by atoms with Crippen LogP contribution in [0.5, 0.6) is 5.75 Å². The summed E-state index contributed by atoms with van der Waals surface area (Å²) in [6.07, 6.45) is 5.76. The van der Waals surface area contributed by atoms with Crippen molar-refractivity contribution in [2.24, 2.45) is 11.8 Å². The van der Waals surface area contributed by atoms with Gasteiger partial charge < -0.3 is 19.3 Å². The van der Waals surface area contributed by atoms with E-state index in [-0.39, 0.29) is 41.9 Å². The number of para-hydroxylation sites is 1. The number of ether oxygens (including phenoxy) is 3. The number of aryl methyl sites for hydroxylation is 1. The number of benzene rings is 1. The highest BCUT2D eigenvalue weighted by molar-refractivity contribution is 5.69. The van der Waals surface area contributed by atoms with Crippen LogP contribution >= 0.6 is 0 Å². The molecule has 0 radical (unpaired) electrons. The number of aliphatic hydroxyl groups is 1. The van der Waals surface area contributed by atoms with Crippen LogP contribution in [-0.4, -0.2) is 42.5 Å². The highest BCUT2D eigenvalue weighted by Gasteiger charge is 2.50. The SMILES string of the molecule is CC#CC[C@@H](C)C(O)/C=C/[C@@H]1[C@H]2c3cccc(CCCC(=O)OC)c3O[C@H]2C[C@H]1OC(C)=O. The van der Waals surface area contributed by atoms with E-state index in [0.29, 0.717) is 25.7 Å². The summed E-state index contributed by atoms with van der Waals surface area (Å²) in [4.78, 5) is 23.2. The van der Waals surface area contributed by atoms with Gasteiger partial charge in [-0.25, -0.2) is 0 Å². The smallest absolute Gasteiger partial charge is 0.305 e. The molecule has 1 fully saturated rings. The Morgan fingerprint density at radius 3 is 2.85 bits per heavy atom. The van der Waals surface area contributed by atoms with Crippen LogP contribution in [-0.2, 0) is 25.5 Å². The second kappa shape index (κ2) is 11.4. The molecule has 1 aliphatic heterocycles. The second-order valence-corrected chi connectivity index (χ2v) is 8.89. The monoisotopic (exact) mass is 454 g/mol. The van der Waals surface area contributed by atoms with E-state index >= 15 is 0 Å². The maximum atomic E-state index is 11.7. The summed E-state index contributed by atoms with van der Waals surface area (Å²) in [5.74, 6) is 6.18. The third-order valence-corrected chi connectivity index (χ3v) is 6.55. The van der Waals surface area contributed by atoms with E-state index in [4.69, 9.17) is 14.2 Å². The fourth-order valence-corrected chi connectivity index (χ4v) is 4.82. The van der Waals surface area contributed by atoms with E-state index in [2.05, 4.69) is 17.9 Å². The number of carbonyl (C=O) groups is 2. The molecule has 1 N–H and O–H groups in total. The minimum absolute atomic E-state index is 0.00611. The molecule has 0 saturated heterocycles. The summed E-state index contributed by atoms with van der Waals surface area (Å²) < 4.78 is 16.8. The van der Waals surface area contributed by atoms with E-state index < -0.39 is 6.10 Å². The van der Waals surface area contributed by atoms with Crippen molar-refractivity contribution in [1.29, 1.82) is 0 Å². The third-order valence-electron chi connectivity index (χ3n) is 6.55. The number of hydrogen-bond donors (Lipinski definition) is 1. The van der Waals surface area contributed by atoms with Crippen molar-refractivity contribution >= 4 is 11.9 Å². The van der Waals surface area contributed by atoms with Gasteiger partial charge in [0.2, 0.25) is 0 Å². The Bertz CT molecular complexity index is 940. The Labute approximate surface area is 196 Å². The summed E-state index contributed by atoms with van der Waals surface area (Å²) >= 11 is 0. The molecule has 1 aromatic carbocycles. The van der Waals surface area contributed by atoms with Crippen LogP contribution in [0.4, 0.5) is 0 Å². The van der Waals surface area contributed by atoms with Crippen LogP contribution < -0.4 is 4.74 Å². The maximum absolute atomic E-state index is 11.7. The van der Waals surface area contributed by atoms with Crippen LogP contribution in [0.1, 0.15) is 63.5 Å². The lowest BCUT2D eigenvalue weighted by Crippen LogP contribution is -2.23. The molecular weight excluding hydrogens is 420 g/mol. The molecule has 0 spiro atoms. The van der Waals surface area contributed by atoms with Gasteiger partial charge in [-0.3, -0.25) is 9.59 Å². The molecule has 178 valence electrons. The minimum Gasteiger partial charge on any atom is -0.489 e. The maximum Gasteiger partial charge on any atom is 0.305 e. The molecule has 2 aliphatic rings. The first-order chi connectivity index (χ1) is 15.8. The number of hydrogen-bond acceptors (Lipinski definition) is 6. The lowest BCUT2D eigenvalue weighted by molar-refractivity contribution is -0.147. The van der Waals surface area contributed by atoms with Crippen LogP contribution in [0.25, 0.3) is 0 Å². The third kappa shape index (κ3) is 5.97. The average Bonchev–Trinajstić information content (AvgIpc) is 3.31. The number of carbonyl (C=O) groups excluding carboxylic acids is 2. The molecule has 0 amide bonds. The number of esters is 2. The molecule has 0 bridgehead atoms. The van der Waals surface area contributed by atoms with Crippen LogP contribution in [0, 0.1) is 23.7 Å². The molecule has 1 aliphatic carbocycles. The fourth-order valence-electron chi connectivity index (χ4n) is 4.82. The van der Waals surface area contributed by atoms with Gasteiger partial charge in [-0.15, -0.1) is 11.8 Å². The number of fused-ring (bicyclic) bond motifs is 3. The standard InChI is InChI=1S/C27H34O6/c1-5-6-9-17(2)22(29)15-14-20-23(32-18(3)28)16-24-26(20)21-12-7-10-19(27(21)33-24)11-8-13-25(30)31-4/h7,10,12,14-15,17,20,22-24,26,29H,8-9,11,13,16H2,1-4H3/b15-14+/t17-,20+,22?,23-,24+,26+/m1/s1. The van der Waals surface area contributed by atoms with Crippen molar-refractivity contribution in [2.45, 2.75) is 77.1 Å². The second-order valence-electron chi connectivity index (χ2n) is 8.89. The van der Waals surface area contributed by atoms with E-state index in [1.165, 1.54) is 14.0 Å². The predicted octanol–water partition coefficient (Wildman–Crippen LogP) is 3.95. The molecule has 1 saturated carbocycles. The zero-order valence-corrected chi connectivity index (χ0v) is 19.9. The lowest BCUT2D eigenvalue weighted by atomic mass is 9.86. The first-order valence-electron chi connectivity index (χ1n) is 11.6. The summed E-state index contributed by atoms with van der Waals surface area (Å²) in [5, 5.41) is 10.6. The molecule has 0 aromatic heterocycles. The normalized spacial score (nSPS) is 24.8. The van der Waals surface area contributed by atoms with E-state index in [0.717, 1.165) is 23.3 Å². The van der Waals surface area contributed by atoms with Gasteiger partial charge in [0.25, 0.3) is 0 Å². The molecule has 1 unspecified atom stereocenters. The highest BCUT2D eigenvalue weighted by atomic mass is 16.5. The molecule has 6 atom stereocenters. The molecule has 33 heavy (non-hydrogen) atoms. The van der Waals surface area contributed by atoms with Crippen molar-refractivity contribution in [2.75, 3.05) is 7.11 Å². The topological polar surface area (TPSA) is 82.1 Å².